The van der Waals surface area contributed by atoms with Crippen molar-refractivity contribution in [3.63, 3.8) is 0 Å². The first-order valence-corrected chi connectivity index (χ1v) is 10.6. The Hall–Kier alpha value is -3.34. The molecule has 1 aromatic heterocycles. The lowest BCUT2D eigenvalue weighted by molar-refractivity contribution is -0.391. The van der Waals surface area contributed by atoms with Crippen molar-refractivity contribution in [2.45, 2.75) is 32.6 Å². The van der Waals surface area contributed by atoms with Gasteiger partial charge in [0.1, 0.15) is 0 Å². The highest BCUT2D eigenvalue weighted by Gasteiger charge is 2.65. The number of ether oxygens (including phenoxy) is 2. The maximum absolute atomic E-state index is 13.6. The third kappa shape index (κ3) is 4.58. The zero-order valence-corrected chi connectivity index (χ0v) is 18.6. The van der Waals surface area contributed by atoms with E-state index in [9.17, 15) is 22.4 Å². The van der Waals surface area contributed by atoms with Crippen LogP contribution in [0.2, 0.25) is 0 Å². The largest absolute Gasteiger partial charge is 0.507 e. The number of benzene rings is 2. The number of amides is 2. The van der Waals surface area contributed by atoms with Crippen molar-refractivity contribution in [1.82, 2.24) is 9.47 Å². The number of alkyl halides is 4. The third-order valence-electron chi connectivity index (χ3n) is 4.85. The molecule has 11 heteroatoms. The number of thiazole rings is 1. The minimum absolute atomic E-state index is 0.280. The molecule has 3 aromatic rings. The monoisotopic (exact) mass is 481 g/mol. The maximum atomic E-state index is 13.6. The molecule has 0 N–H and O–H groups in total. The summed E-state index contributed by atoms with van der Waals surface area (Å²) < 4.78 is 63.7. The second-order valence-electron chi connectivity index (χ2n) is 7.60. The van der Waals surface area contributed by atoms with Gasteiger partial charge in [0.2, 0.25) is 0 Å². The van der Waals surface area contributed by atoms with Gasteiger partial charge in [-0.25, -0.2) is 4.79 Å². The lowest BCUT2D eigenvalue weighted by Gasteiger charge is -2.31. The molecule has 2 heterocycles. The number of halogens is 4. The second kappa shape index (κ2) is 8.22. The molecule has 0 aliphatic carbocycles. The number of urea groups is 1. The fourth-order valence-corrected chi connectivity index (χ4v) is 3.95. The van der Waals surface area contributed by atoms with Crippen LogP contribution < -0.4 is 14.3 Å². The van der Waals surface area contributed by atoms with Crippen LogP contribution in [0.15, 0.2) is 53.7 Å². The summed E-state index contributed by atoms with van der Waals surface area (Å²) in [7, 11) is 1.61. The Labute approximate surface area is 190 Å². The first-order chi connectivity index (χ1) is 15.4. The van der Waals surface area contributed by atoms with Gasteiger partial charge < -0.3 is 14.4 Å². The van der Waals surface area contributed by atoms with Gasteiger partial charge in [-0.2, -0.15) is 22.6 Å². The quantitative estimate of drug-likeness (QED) is 0.480. The van der Waals surface area contributed by atoms with E-state index in [4.69, 9.17) is 0 Å². The molecule has 0 radical (unpaired) electrons. The standard InChI is InChI=1S/C22H19F4N3O3S/c1-13-4-6-15(7-5-13)12-28(3)19(30)27-20-29(11-14(2)33-20)16-8-9-17-18(10-16)32-22(25,26)21(23,24)31-17/h4-11H,12H2,1-3H3/b27-20-. The van der Waals surface area contributed by atoms with E-state index in [1.807, 2.05) is 31.2 Å². The summed E-state index contributed by atoms with van der Waals surface area (Å²) in [5.74, 6) is -1.07. The molecule has 0 saturated heterocycles. The number of nitrogens with zero attached hydrogens (tertiary/aromatic N) is 3. The van der Waals surface area contributed by atoms with Gasteiger partial charge in [0.25, 0.3) is 0 Å². The van der Waals surface area contributed by atoms with Crippen molar-refractivity contribution in [2.24, 2.45) is 4.99 Å². The molecule has 174 valence electrons. The first-order valence-electron chi connectivity index (χ1n) is 9.78. The summed E-state index contributed by atoms with van der Waals surface area (Å²) in [5.41, 5.74) is 2.33. The fraction of sp³-hybridized carbons (Fsp3) is 0.273. The number of fused-ring (bicyclic) bond motifs is 1. The van der Waals surface area contributed by atoms with E-state index in [0.29, 0.717) is 6.54 Å². The zero-order valence-electron chi connectivity index (χ0n) is 17.8. The summed E-state index contributed by atoms with van der Waals surface area (Å²) in [4.78, 5) is 19.4. The highest BCUT2D eigenvalue weighted by Crippen LogP contribution is 2.47. The summed E-state index contributed by atoms with van der Waals surface area (Å²) in [6, 6.07) is 10.8. The number of rotatable bonds is 3. The summed E-state index contributed by atoms with van der Waals surface area (Å²) in [6.45, 7) is 4.10. The van der Waals surface area contributed by atoms with Crippen molar-refractivity contribution in [1.29, 1.82) is 0 Å². The van der Waals surface area contributed by atoms with Gasteiger partial charge >= 0.3 is 18.2 Å². The van der Waals surface area contributed by atoms with E-state index in [0.717, 1.165) is 28.1 Å². The van der Waals surface area contributed by atoms with Crippen LogP contribution in [0, 0.1) is 13.8 Å². The number of aromatic nitrogens is 1. The van der Waals surface area contributed by atoms with E-state index in [1.54, 1.807) is 20.2 Å². The third-order valence-corrected chi connectivity index (χ3v) is 5.75. The average molecular weight is 481 g/mol. The van der Waals surface area contributed by atoms with E-state index in [1.165, 1.54) is 26.9 Å². The molecule has 0 spiro atoms. The molecule has 0 unspecified atom stereocenters. The molecular weight excluding hydrogens is 462 g/mol. The molecule has 6 nitrogen and oxygen atoms in total. The van der Waals surface area contributed by atoms with Crippen molar-refractivity contribution in [3.8, 4) is 17.2 Å². The molecule has 2 aromatic carbocycles. The SMILES string of the molecule is Cc1ccc(CN(C)C(=O)/N=c2\sc(C)cn2-c2ccc3c(c2)OC(F)(F)C(F)(F)O3)cc1. The lowest BCUT2D eigenvalue weighted by atomic mass is 10.1. The molecule has 33 heavy (non-hydrogen) atoms. The highest BCUT2D eigenvalue weighted by atomic mass is 32.1. The van der Waals surface area contributed by atoms with Gasteiger partial charge in [0, 0.05) is 30.7 Å². The summed E-state index contributed by atoms with van der Waals surface area (Å²) >= 11 is 1.21. The van der Waals surface area contributed by atoms with Gasteiger partial charge in [-0.05, 0) is 31.5 Å². The molecule has 0 atom stereocenters. The Balaban J connectivity index is 1.63. The van der Waals surface area contributed by atoms with Crippen LogP contribution in [-0.4, -0.2) is 34.8 Å². The highest BCUT2D eigenvalue weighted by molar-refractivity contribution is 7.09. The van der Waals surface area contributed by atoms with Crippen molar-refractivity contribution < 1.29 is 31.8 Å². The Morgan fingerprint density at radius 2 is 1.67 bits per heavy atom. The molecule has 0 saturated carbocycles. The molecule has 0 fully saturated rings. The Bertz CT molecular complexity index is 1270. The van der Waals surface area contributed by atoms with E-state index < -0.39 is 29.7 Å². The van der Waals surface area contributed by atoms with Crippen LogP contribution in [0.3, 0.4) is 0 Å². The predicted molar refractivity (Wildman–Crippen MR) is 113 cm³/mol. The van der Waals surface area contributed by atoms with Gasteiger partial charge in [-0.1, -0.05) is 29.8 Å². The Morgan fingerprint density at radius 1 is 1.03 bits per heavy atom. The summed E-state index contributed by atoms with van der Waals surface area (Å²) in [5, 5.41) is 0. The van der Waals surface area contributed by atoms with E-state index in [2.05, 4.69) is 14.5 Å². The van der Waals surface area contributed by atoms with Crippen LogP contribution in [0.4, 0.5) is 22.4 Å². The first kappa shape index (κ1) is 22.8. The minimum atomic E-state index is -4.82. The van der Waals surface area contributed by atoms with Crippen molar-refractivity contribution in [2.75, 3.05) is 7.05 Å². The molecular formula is C22H19F4N3O3S. The van der Waals surface area contributed by atoms with Crippen LogP contribution in [0.25, 0.3) is 5.69 Å². The smallest absolute Gasteiger partial charge is 0.421 e. The number of hydrogen-bond donors (Lipinski definition) is 0. The lowest BCUT2D eigenvalue weighted by Crippen LogP contribution is -2.52. The zero-order chi connectivity index (χ0) is 24.0. The topological polar surface area (TPSA) is 56.1 Å². The van der Waals surface area contributed by atoms with Crippen LogP contribution in [0.5, 0.6) is 11.5 Å². The van der Waals surface area contributed by atoms with Gasteiger partial charge in [0.15, 0.2) is 16.3 Å². The van der Waals surface area contributed by atoms with Crippen LogP contribution >= 0.6 is 11.3 Å². The summed E-state index contributed by atoms with van der Waals surface area (Å²) in [6.07, 6.45) is -7.97. The number of hydrogen-bond acceptors (Lipinski definition) is 4. The van der Waals surface area contributed by atoms with Crippen LogP contribution in [0.1, 0.15) is 16.0 Å². The molecule has 1 aliphatic rings. The molecule has 2 amide bonds. The molecule has 0 bridgehead atoms. The molecule has 1 aliphatic heterocycles. The maximum Gasteiger partial charge on any atom is 0.507 e. The van der Waals surface area contributed by atoms with E-state index >= 15 is 0 Å². The van der Waals surface area contributed by atoms with Crippen molar-refractivity contribution in [3.05, 3.63) is 69.5 Å². The van der Waals surface area contributed by atoms with Gasteiger partial charge in [0.05, 0.1) is 5.69 Å². The Morgan fingerprint density at radius 3 is 2.33 bits per heavy atom. The van der Waals surface area contributed by atoms with Crippen LogP contribution in [-0.2, 0) is 6.54 Å². The number of carbonyl (C=O) groups excluding carboxylic acids is 1. The number of carbonyl (C=O) groups is 1. The average Bonchev–Trinajstić information content (AvgIpc) is 3.09. The van der Waals surface area contributed by atoms with Gasteiger partial charge in [-0.3, -0.25) is 4.57 Å². The fourth-order valence-electron chi connectivity index (χ4n) is 3.13. The predicted octanol–water partition coefficient (Wildman–Crippen LogP) is 5.27. The van der Waals surface area contributed by atoms with Crippen molar-refractivity contribution >= 4 is 17.4 Å². The Kier molecular flexibility index (Phi) is 5.69. The van der Waals surface area contributed by atoms with E-state index in [-0.39, 0.29) is 10.5 Å². The van der Waals surface area contributed by atoms with Gasteiger partial charge in [-0.15, -0.1) is 11.3 Å². The second-order valence-corrected chi connectivity index (χ2v) is 8.81. The minimum Gasteiger partial charge on any atom is -0.421 e. The normalized spacial score (nSPS) is 16.5. The number of aryl methyl sites for hydroxylation is 2. The molecule has 4 rings (SSSR count).